The van der Waals surface area contributed by atoms with Crippen molar-refractivity contribution in [3.63, 3.8) is 0 Å². The summed E-state index contributed by atoms with van der Waals surface area (Å²) in [4.78, 5) is 0. The molecule has 4 heteroatoms. The van der Waals surface area contributed by atoms with Crippen LogP contribution in [0.5, 0.6) is 0 Å². The van der Waals surface area contributed by atoms with Crippen molar-refractivity contribution in [1.82, 2.24) is 5.43 Å². The zero-order valence-corrected chi connectivity index (χ0v) is 10.1. The third-order valence-corrected chi connectivity index (χ3v) is 2.69. The molecule has 0 aromatic heterocycles. The second-order valence-electron chi connectivity index (χ2n) is 4.11. The van der Waals surface area contributed by atoms with E-state index in [1.807, 2.05) is 0 Å². The molecule has 0 radical (unpaired) electrons. The summed E-state index contributed by atoms with van der Waals surface area (Å²) in [7, 11) is 0. The fourth-order valence-electron chi connectivity index (χ4n) is 1.59. The maximum Gasteiger partial charge on any atom is 0.184 e. The fraction of sp³-hybridized carbons (Fsp3) is 0.333. The molecule has 0 bridgehead atoms. The van der Waals surface area contributed by atoms with E-state index in [1.54, 1.807) is 0 Å². The van der Waals surface area contributed by atoms with Crippen molar-refractivity contribution in [1.29, 1.82) is 0 Å². The summed E-state index contributed by atoms with van der Waals surface area (Å²) in [6.07, 6.45) is 2.40. The number of nitrogens with one attached hydrogen (secondary N) is 1. The van der Waals surface area contributed by atoms with Crippen molar-refractivity contribution in [3.05, 3.63) is 35.4 Å². The van der Waals surface area contributed by atoms with Crippen LogP contribution < -0.4 is 11.2 Å². The number of aryl methyl sites for hydroxylation is 1. The van der Waals surface area contributed by atoms with E-state index >= 15 is 0 Å². The van der Waals surface area contributed by atoms with Crippen LogP contribution in [0.2, 0.25) is 0 Å². The molecule has 1 aliphatic carbocycles. The number of thiocarbonyl (C=S) groups is 1. The summed E-state index contributed by atoms with van der Waals surface area (Å²) in [5, 5.41) is 4.50. The van der Waals surface area contributed by atoms with E-state index < -0.39 is 0 Å². The van der Waals surface area contributed by atoms with Gasteiger partial charge in [-0.15, -0.1) is 0 Å². The minimum atomic E-state index is 0.213. The average molecular weight is 233 g/mol. The summed E-state index contributed by atoms with van der Waals surface area (Å²) >= 11 is 4.75. The van der Waals surface area contributed by atoms with Gasteiger partial charge in [0.1, 0.15) is 0 Å². The van der Waals surface area contributed by atoms with Crippen molar-refractivity contribution in [3.8, 4) is 0 Å². The van der Waals surface area contributed by atoms with Gasteiger partial charge in [0.05, 0.1) is 5.71 Å². The number of hydrogen-bond donors (Lipinski definition) is 2. The molecule has 1 fully saturated rings. The van der Waals surface area contributed by atoms with Crippen molar-refractivity contribution in [2.45, 2.75) is 19.8 Å². The summed E-state index contributed by atoms with van der Waals surface area (Å²) in [5.41, 5.74) is 11.5. The molecular formula is C12H15N3S. The molecule has 0 unspecified atom stereocenters. The minimum absolute atomic E-state index is 0.213. The van der Waals surface area contributed by atoms with Gasteiger partial charge in [-0.25, -0.2) is 0 Å². The van der Waals surface area contributed by atoms with E-state index in [0.717, 1.165) is 11.3 Å². The Hall–Kier alpha value is -1.42. The lowest BCUT2D eigenvalue weighted by Crippen LogP contribution is -2.26. The second-order valence-corrected chi connectivity index (χ2v) is 4.55. The Morgan fingerprint density at radius 3 is 2.50 bits per heavy atom. The van der Waals surface area contributed by atoms with Gasteiger partial charge in [-0.2, -0.15) is 5.10 Å². The number of rotatable bonds is 3. The molecule has 2 rings (SSSR count). The van der Waals surface area contributed by atoms with Crippen molar-refractivity contribution in [2.75, 3.05) is 0 Å². The SMILES string of the molecule is Cc1ccc(C(=NNC(N)=S)C2CC2)cc1. The van der Waals surface area contributed by atoms with E-state index in [0.29, 0.717) is 5.92 Å². The van der Waals surface area contributed by atoms with Gasteiger partial charge in [0.2, 0.25) is 0 Å². The maximum absolute atomic E-state index is 5.38. The van der Waals surface area contributed by atoms with Crippen molar-refractivity contribution >= 4 is 23.0 Å². The normalized spacial score (nSPS) is 15.9. The molecule has 84 valence electrons. The fourth-order valence-corrected chi connectivity index (χ4v) is 1.63. The maximum atomic E-state index is 5.38. The van der Waals surface area contributed by atoms with Gasteiger partial charge in [-0.3, -0.25) is 5.43 Å². The highest BCUT2D eigenvalue weighted by atomic mass is 32.1. The summed E-state index contributed by atoms with van der Waals surface area (Å²) in [6, 6.07) is 8.36. The minimum Gasteiger partial charge on any atom is -0.375 e. The molecular weight excluding hydrogens is 218 g/mol. The Morgan fingerprint density at radius 1 is 1.38 bits per heavy atom. The van der Waals surface area contributed by atoms with Crippen molar-refractivity contribution in [2.24, 2.45) is 16.8 Å². The second kappa shape index (κ2) is 4.61. The first-order valence-electron chi connectivity index (χ1n) is 5.37. The molecule has 1 saturated carbocycles. The zero-order chi connectivity index (χ0) is 11.5. The van der Waals surface area contributed by atoms with Crippen LogP contribution in [0.3, 0.4) is 0 Å². The topological polar surface area (TPSA) is 50.4 Å². The molecule has 1 aliphatic rings. The lowest BCUT2D eigenvalue weighted by Gasteiger charge is -2.06. The predicted octanol–water partition coefficient (Wildman–Crippen LogP) is 1.94. The highest BCUT2D eigenvalue weighted by molar-refractivity contribution is 7.80. The summed E-state index contributed by atoms with van der Waals surface area (Å²) in [5.74, 6) is 0.560. The van der Waals surface area contributed by atoms with Crippen LogP contribution in [0.25, 0.3) is 0 Å². The molecule has 0 atom stereocenters. The number of nitrogens with zero attached hydrogens (tertiary/aromatic N) is 1. The van der Waals surface area contributed by atoms with Gasteiger partial charge in [0, 0.05) is 5.92 Å². The average Bonchev–Trinajstić information content (AvgIpc) is 3.04. The number of benzene rings is 1. The molecule has 0 aliphatic heterocycles. The smallest absolute Gasteiger partial charge is 0.184 e. The molecule has 0 spiro atoms. The summed E-state index contributed by atoms with van der Waals surface area (Å²) < 4.78 is 0. The molecule has 16 heavy (non-hydrogen) atoms. The van der Waals surface area contributed by atoms with Crippen LogP contribution in [-0.2, 0) is 0 Å². The molecule has 3 nitrogen and oxygen atoms in total. The Bertz CT molecular complexity index is 418. The van der Waals surface area contributed by atoms with Gasteiger partial charge in [0.25, 0.3) is 0 Å². The largest absolute Gasteiger partial charge is 0.375 e. The highest BCUT2D eigenvalue weighted by Crippen LogP contribution is 2.33. The standard InChI is InChI=1S/C12H15N3S/c1-8-2-4-9(5-3-8)11(10-6-7-10)14-15-12(13)16/h2-5,10H,6-7H2,1H3,(H3,13,15,16). The molecule has 0 saturated heterocycles. The van der Waals surface area contributed by atoms with Gasteiger partial charge >= 0.3 is 0 Å². The van der Waals surface area contributed by atoms with E-state index in [4.69, 9.17) is 18.0 Å². The lowest BCUT2D eigenvalue weighted by atomic mass is 10.1. The van der Waals surface area contributed by atoms with Crippen LogP contribution in [0.4, 0.5) is 0 Å². The van der Waals surface area contributed by atoms with Crippen LogP contribution in [-0.4, -0.2) is 10.8 Å². The Balaban J connectivity index is 2.22. The van der Waals surface area contributed by atoms with Crippen LogP contribution in [0.1, 0.15) is 24.0 Å². The molecule has 1 aromatic carbocycles. The first kappa shape index (κ1) is 11.1. The van der Waals surface area contributed by atoms with Crippen LogP contribution in [0.15, 0.2) is 29.4 Å². The number of nitrogens with two attached hydrogens (primary N) is 1. The molecule has 3 N–H and O–H groups in total. The van der Waals surface area contributed by atoms with E-state index in [-0.39, 0.29) is 5.11 Å². The quantitative estimate of drug-likeness (QED) is 0.476. The van der Waals surface area contributed by atoms with E-state index in [2.05, 4.69) is 41.7 Å². The van der Waals surface area contributed by atoms with Crippen LogP contribution >= 0.6 is 12.2 Å². The first-order valence-corrected chi connectivity index (χ1v) is 5.77. The Labute approximate surface area is 101 Å². The Kier molecular flexibility index (Phi) is 3.19. The monoisotopic (exact) mass is 233 g/mol. The highest BCUT2D eigenvalue weighted by Gasteiger charge is 2.28. The van der Waals surface area contributed by atoms with Gasteiger partial charge in [-0.1, -0.05) is 29.8 Å². The Morgan fingerprint density at radius 2 is 2.00 bits per heavy atom. The molecule has 0 amide bonds. The molecule has 0 heterocycles. The van der Waals surface area contributed by atoms with E-state index in [9.17, 15) is 0 Å². The van der Waals surface area contributed by atoms with Crippen molar-refractivity contribution < 1.29 is 0 Å². The molecule has 1 aromatic rings. The number of hydrazone groups is 1. The third-order valence-electron chi connectivity index (χ3n) is 2.60. The van der Waals surface area contributed by atoms with Crippen LogP contribution in [0, 0.1) is 12.8 Å². The zero-order valence-electron chi connectivity index (χ0n) is 9.23. The van der Waals surface area contributed by atoms with Gasteiger partial charge in [-0.05, 0) is 37.5 Å². The van der Waals surface area contributed by atoms with Gasteiger partial charge in [0.15, 0.2) is 5.11 Å². The third kappa shape index (κ3) is 2.79. The van der Waals surface area contributed by atoms with E-state index in [1.165, 1.54) is 18.4 Å². The number of hydrogen-bond acceptors (Lipinski definition) is 2. The van der Waals surface area contributed by atoms with Gasteiger partial charge < -0.3 is 5.73 Å². The first-order chi connectivity index (χ1) is 7.66. The predicted molar refractivity (Wildman–Crippen MR) is 70.4 cm³/mol. The lowest BCUT2D eigenvalue weighted by molar-refractivity contribution is 0.998. The summed E-state index contributed by atoms with van der Waals surface area (Å²) in [6.45, 7) is 2.07.